The molecule has 0 aliphatic carbocycles. The summed E-state index contributed by atoms with van der Waals surface area (Å²) in [5.74, 6) is -0.213. The first-order valence-corrected chi connectivity index (χ1v) is 19.3. The molecule has 10 heteroatoms. The van der Waals surface area contributed by atoms with Crippen LogP contribution < -0.4 is 0 Å². The predicted octanol–water partition coefficient (Wildman–Crippen LogP) is 9.07. The lowest BCUT2D eigenvalue weighted by Crippen LogP contribution is -2.29. The Morgan fingerprint density at radius 3 is 2.00 bits per heavy atom. The Morgan fingerprint density at radius 2 is 1.33 bits per heavy atom. The van der Waals surface area contributed by atoms with E-state index >= 15 is 0 Å². The molecule has 3 atom stereocenters. The summed E-state index contributed by atoms with van der Waals surface area (Å²) in [6.45, 7) is 5.83. The minimum Gasteiger partial charge on any atom is -0.462 e. The van der Waals surface area contributed by atoms with E-state index in [1.54, 1.807) is 0 Å². The Hall–Kier alpha value is -1.77. The molecular weight excluding hydrogens is 607 g/mol. The topological polar surface area (TPSA) is 132 Å². The summed E-state index contributed by atoms with van der Waals surface area (Å²) in [4.78, 5) is 42.6. The van der Waals surface area contributed by atoms with E-state index in [-0.39, 0.29) is 31.7 Å². The second-order valence-corrected chi connectivity index (χ2v) is 14.0. The molecule has 0 amide bonds. The van der Waals surface area contributed by atoms with Gasteiger partial charge in [-0.2, -0.15) is 0 Å². The maximum atomic E-state index is 12.3. The maximum absolute atomic E-state index is 12.3. The Morgan fingerprint density at radius 1 is 0.739 bits per heavy atom. The number of allylic oxidation sites excluding steroid dienone is 4. The largest absolute Gasteiger partial charge is 0.469 e. The molecule has 0 aromatic carbocycles. The minimum absolute atomic E-state index is 0.128. The number of phosphoric acid groups is 1. The average Bonchev–Trinajstić information content (AvgIpc) is 3.75. The lowest BCUT2D eigenvalue weighted by atomic mass is 10.0. The van der Waals surface area contributed by atoms with Gasteiger partial charge in [0.15, 0.2) is 6.10 Å². The van der Waals surface area contributed by atoms with Gasteiger partial charge in [-0.1, -0.05) is 115 Å². The molecule has 1 rings (SSSR count). The first-order valence-electron chi connectivity index (χ1n) is 17.8. The van der Waals surface area contributed by atoms with Crippen LogP contribution in [0.1, 0.15) is 143 Å². The monoisotopic (exact) mass is 670 g/mol. The second-order valence-electron chi connectivity index (χ2n) is 12.7. The van der Waals surface area contributed by atoms with Gasteiger partial charge in [-0.25, -0.2) is 4.57 Å². The molecule has 0 aromatic rings. The maximum Gasteiger partial charge on any atom is 0.469 e. The van der Waals surface area contributed by atoms with Gasteiger partial charge in [0.1, 0.15) is 6.61 Å². The fraction of sp³-hybridized carbons (Fsp3) is 0.778. The third kappa shape index (κ3) is 27.4. The van der Waals surface area contributed by atoms with Crippen molar-refractivity contribution in [2.24, 2.45) is 5.92 Å². The Bertz CT molecular complexity index is 924. The van der Waals surface area contributed by atoms with E-state index in [0.29, 0.717) is 19.3 Å². The van der Waals surface area contributed by atoms with Gasteiger partial charge < -0.3 is 24.0 Å². The van der Waals surface area contributed by atoms with Crippen LogP contribution in [0.4, 0.5) is 0 Å². The summed E-state index contributed by atoms with van der Waals surface area (Å²) >= 11 is 0. The predicted molar refractivity (Wildman–Crippen MR) is 183 cm³/mol. The van der Waals surface area contributed by atoms with E-state index in [1.807, 2.05) is 6.08 Å². The first kappa shape index (κ1) is 42.3. The quantitative estimate of drug-likeness (QED) is 0.0252. The third-order valence-electron chi connectivity index (χ3n) is 7.74. The van der Waals surface area contributed by atoms with Crippen molar-refractivity contribution >= 4 is 19.8 Å². The van der Waals surface area contributed by atoms with E-state index in [0.717, 1.165) is 50.9 Å². The van der Waals surface area contributed by atoms with E-state index in [4.69, 9.17) is 24.0 Å². The molecule has 0 spiro atoms. The fourth-order valence-corrected chi connectivity index (χ4v) is 5.30. The molecule has 1 aliphatic heterocycles. The number of rotatable bonds is 30. The van der Waals surface area contributed by atoms with E-state index in [2.05, 4.69) is 55.7 Å². The van der Waals surface area contributed by atoms with Crippen molar-refractivity contribution in [1.29, 1.82) is 0 Å². The van der Waals surface area contributed by atoms with Crippen LogP contribution in [-0.2, 0) is 32.9 Å². The standard InChI is InChI=1S/C36H63O9P/c1-4-5-6-7-8-9-12-15-20-25-33-34(45-33)26-21-17-18-23-28-36(38)44-32(30-43-46(39,40)41)29-42-35(37)27-22-16-13-10-11-14-19-24-31(2)3/h8-9,15,17,20-21,31-34H,4-7,10-14,16,18-19,22-30H2,1-3H3,(H2,39,40,41)/b9-8-,20-15-,21-17-/t32-,33?,34?/m1/s1. The summed E-state index contributed by atoms with van der Waals surface area (Å²) in [7, 11) is -4.77. The molecule has 2 N–H and O–H groups in total. The minimum atomic E-state index is -4.77. The summed E-state index contributed by atoms with van der Waals surface area (Å²) in [5, 5.41) is 0. The lowest BCUT2D eigenvalue weighted by molar-refractivity contribution is -0.161. The number of carbonyl (C=O) groups excluding carboxylic acids is 2. The molecule has 1 fully saturated rings. The van der Waals surface area contributed by atoms with Gasteiger partial charge in [0.05, 0.1) is 18.8 Å². The van der Waals surface area contributed by atoms with E-state index in [9.17, 15) is 14.2 Å². The van der Waals surface area contributed by atoms with Gasteiger partial charge in [-0.3, -0.25) is 14.1 Å². The van der Waals surface area contributed by atoms with Gasteiger partial charge in [0.2, 0.25) is 0 Å². The molecule has 0 aromatic heterocycles. The van der Waals surface area contributed by atoms with Gasteiger partial charge in [-0.05, 0) is 57.3 Å². The fourth-order valence-electron chi connectivity index (χ4n) is 4.94. The van der Waals surface area contributed by atoms with Crippen molar-refractivity contribution in [2.75, 3.05) is 13.2 Å². The first-order chi connectivity index (χ1) is 22.1. The molecule has 9 nitrogen and oxygen atoms in total. The lowest BCUT2D eigenvalue weighted by Gasteiger charge is -2.18. The van der Waals surface area contributed by atoms with Gasteiger partial charge in [-0.15, -0.1) is 0 Å². The van der Waals surface area contributed by atoms with Gasteiger partial charge >= 0.3 is 19.8 Å². The van der Waals surface area contributed by atoms with Crippen molar-refractivity contribution in [1.82, 2.24) is 0 Å². The van der Waals surface area contributed by atoms with Gasteiger partial charge in [0, 0.05) is 12.8 Å². The van der Waals surface area contributed by atoms with Crippen LogP contribution in [0.2, 0.25) is 0 Å². The summed E-state index contributed by atoms with van der Waals surface area (Å²) < 4.78 is 31.9. The molecule has 0 radical (unpaired) electrons. The number of hydrogen-bond acceptors (Lipinski definition) is 7. The zero-order valence-corrected chi connectivity index (χ0v) is 29.7. The number of unbranched alkanes of at least 4 members (excludes halogenated alkanes) is 10. The highest BCUT2D eigenvalue weighted by molar-refractivity contribution is 7.46. The third-order valence-corrected chi connectivity index (χ3v) is 8.23. The van der Waals surface area contributed by atoms with Crippen LogP contribution in [0, 0.1) is 5.92 Å². The van der Waals surface area contributed by atoms with Crippen LogP contribution in [-0.4, -0.2) is 53.3 Å². The number of epoxide rings is 1. The summed E-state index contributed by atoms with van der Waals surface area (Å²) in [6.07, 6.45) is 30.6. The highest BCUT2D eigenvalue weighted by Gasteiger charge is 2.36. The molecule has 1 aliphatic rings. The molecular formula is C36H63O9P. The van der Waals surface area contributed by atoms with Crippen LogP contribution in [0.25, 0.3) is 0 Å². The highest BCUT2D eigenvalue weighted by Crippen LogP contribution is 2.36. The molecule has 0 bridgehead atoms. The Balaban J connectivity index is 2.18. The van der Waals surface area contributed by atoms with Crippen molar-refractivity contribution in [2.45, 2.75) is 161 Å². The summed E-state index contributed by atoms with van der Waals surface area (Å²) in [6, 6.07) is 0. The molecule has 46 heavy (non-hydrogen) atoms. The van der Waals surface area contributed by atoms with Crippen molar-refractivity contribution in [3.05, 3.63) is 36.5 Å². The number of carbonyl (C=O) groups is 2. The van der Waals surface area contributed by atoms with E-state index in [1.165, 1.54) is 44.9 Å². The molecule has 0 saturated carbocycles. The number of esters is 2. The molecule has 1 saturated heterocycles. The van der Waals surface area contributed by atoms with Crippen LogP contribution in [0.5, 0.6) is 0 Å². The van der Waals surface area contributed by atoms with Crippen LogP contribution in [0.15, 0.2) is 36.5 Å². The van der Waals surface area contributed by atoms with E-state index < -0.39 is 32.5 Å². The number of ether oxygens (including phenoxy) is 3. The molecule has 2 unspecified atom stereocenters. The van der Waals surface area contributed by atoms with Crippen LogP contribution in [0.3, 0.4) is 0 Å². The van der Waals surface area contributed by atoms with Crippen molar-refractivity contribution in [3.63, 3.8) is 0 Å². The SMILES string of the molecule is CCCCC/C=C\C/C=C\CC1OC1C/C=C\CCCC(=O)O[C@H](COC(=O)CCCCCCCCCC(C)C)COP(=O)(O)O. The number of phosphoric ester groups is 1. The molecule has 266 valence electrons. The second kappa shape index (κ2) is 27.2. The zero-order chi connectivity index (χ0) is 33.9. The Labute approximate surface area is 278 Å². The molecule has 1 heterocycles. The number of hydrogen-bond donors (Lipinski definition) is 2. The zero-order valence-electron chi connectivity index (χ0n) is 28.8. The normalized spacial score (nSPS) is 17.4. The van der Waals surface area contributed by atoms with Crippen molar-refractivity contribution < 1.29 is 42.7 Å². The Kier molecular flexibility index (Phi) is 25.0. The highest BCUT2D eigenvalue weighted by atomic mass is 31.2. The van der Waals surface area contributed by atoms with Crippen LogP contribution >= 0.6 is 7.82 Å². The average molecular weight is 671 g/mol. The van der Waals surface area contributed by atoms with Crippen molar-refractivity contribution in [3.8, 4) is 0 Å². The van der Waals surface area contributed by atoms with Gasteiger partial charge in [0.25, 0.3) is 0 Å². The summed E-state index contributed by atoms with van der Waals surface area (Å²) in [5.41, 5.74) is 0. The smallest absolute Gasteiger partial charge is 0.462 e.